The van der Waals surface area contributed by atoms with Crippen molar-refractivity contribution in [1.29, 1.82) is 0 Å². The van der Waals surface area contributed by atoms with Gasteiger partial charge in [-0.05, 0) is 56.6 Å². The lowest BCUT2D eigenvalue weighted by Gasteiger charge is -2.03. The van der Waals surface area contributed by atoms with Gasteiger partial charge in [-0.1, -0.05) is 6.07 Å². The van der Waals surface area contributed by atoms with Crippen molar-refractivity contribution in [3.05, 3.63) is 32.7 Å². The van der Waals surface area contributed by atoms with Gasteiger partial charge >= 0.3 is 0 Å². The Kier molecular flexibility index (Phi) is 4.12. The maximum Gasteiger partial charge on any atom is 0.215 e. The van der Waals surface area contributed by atoms with Crippen molar-refractivity contribution in [2.24, 2.45) is 0 Å². The summed E-state index contributed by atoms with van der Waals surface area (Å²) in [5.74, 6) is -0.00458. The molecule has 1 rings (SSSR count). The van der Waals surface area contributed by atoms with Crippen LogP contribution in [0.2, 0.25) is 0 Å². The molecule has 14 heavy (non-hydrogen) atoms. The van der Waals surface area contributed by atoms with E-state index in [4.69, 9.17) is 0 Å². The maximum absolute atomic E-state index is 11.2. The van der Waals surface area contributed by atoms with E-state index in [2.05, 4.69) is 36.6 Å². The fourth-order valence-corrected chi connectivity index (χ4v) is 2.36. The van der Waals surface area contributed by atoms with E-state index in [0.29, 0.717) is 0 Å². The van der Waals surface area contributed by atoms with Crippen LogP contribution in [0.15, 0.2) is 27.1 Å². The second kappa shape index (κ2) is 4.74. The average molecular weight is 343 g/mol. The molecule has 0 unspecified atom stereocenters. The molecule has 0 saturated heterocycles. The third kappa shape index (κ3) is 3.34. The molecule has 6 heteroatoms. The lowest BCUT2D eigenvalue weighted by Crippen LogP contribution is -2.20. The summed E-state index contributed by atoms with van der Waals surface area (Å²) in [6.07, 6.45) is 0. The lowest BCUT2D eigenvalue weighted by molar-refractivity contribution is 0.587. The minimum absolute atomic E-state index is 0.00458. The molecule has 0 spiro atoms. The van der Waals surface area contributed by atoms with Gasteiger partial charge in [-0.3, -0.25) is 0 Å². The van der Waals surface area contributed by atoms with E-state index >= 15 is 0 Å². The number of rotatable bonds is 3. The first-order chi connectivity index (χ1) is 6.44. The predicted octanol–water partition coefficient (Wildman–Crippen LogP) is 2.26. The molecule has 0 radical (unpaired) electrons. The van der Waals surface area contributed by atoms with Crippen LogP contribution in [0.1, 0.15) is 5.56 Å². The zero-order chi connectivity index (χ0) is 10.8. The smallest absolute Gasteiger partial charge is 0.215 e. The van der Waals surface area contributed by atoms with E-state index in [0.717, 1.165) is 14.5 Å². The van der Waals surface area contributed by atoms with Crippen LogP contribution >= 0.6 is 31.9 Å². The molecular weight excluding hydrogens is 334 g/mol. The van der Waals surface area contributed by atoms with Crippen LogP contribution in [0.3, 0.4) is 0 Å². The van der Waals surface area contributed by atoms with E-state index in [1.165, 1.54) is 7.05 Å². The zero-order valence-electron chi connectivity index (χ0n) is 7.42. The van der Waals surface area contributed by atoms with Gasteiger partial charge in [0.15, 0.2) is 0 Å². The number of benzene rings is 1. The molecule has 0 aliphatic rings. The van der Waals surface area contributed by atoms with Gasteiger partial charge in [-0.15, -0.1) is 0 Å². The molecular formula is C8H9Br2NO2S. The van der Waals surface area contributed by atoms with Crippen LogP contribution < -0.4 is 4.72 Å². The van der Waals surface area contributed by atoms with Crippen molar-refractivity contribution in [3.8, 4) is 0 Å². The van der Waals surface area contributed by atoms with Crippen LogP contribution in [0, 0.1) is 0 Å². The molecule has 3 nitrogen and oxygen atoms in total. The quantitative estimate of drug-likeness (QED) is 0.915. The van der Waals surface area contributed by atoms with E-state index < -0.39 is 10.0 Å². The second-order valence-electron chi connectivity index (χ2n) is 2.71. The average Bonchev–Trinajstić information content (AvgIpc) is 2.11. The number of nitrogens with one attached hydrogen (secondary N) is 1. The number of halogens is 2. The largest absolute Gasteiger partial charge is 0.218 e. The monoisotopic (exact) mass is 341 g/mol. The Morgan fingerprint density at radius 1 is 1.29 bits per heavy atom. The van der Waals surface area contributed by atoms with Crippen molar-refractivity contribution in [1.82, 2.24) is 4.72 Å². The second-order valence-corrected chi connectivity index (χ2v) is 6.35. The number of hydrogen-bond acceptors (Lipinski definition) is 2. The van der Waals surface area contributed by atoms with Gasteiger partial charge in [0.25, 0.3) is 0 Å². The lowest BCUT2D eigenvalue weighted by atomic mass is 10.2. The van der Waals surface area contributed by atoms with Gasteiger partial charge in [0.2, 0.25) is 10.0 Å². The first-order valence-electron chi connectivity index (χ1n) is 3.80. The molecule has 0 amide bonds. The molecule has 0 aromatic heterocycles. The molecule has 1 aromatic rings. The standard InChI is InChI=1S/C8H9Br2NO2S/c1-11-14(12,13)5-6-2-3-7(9)8(10)4-6/h2-4,11H,5H2,1H3. The van der Waals surface area contributed by atoms with Crippen molar-refractivity contribution < 1.29 is 8.42 Å². The van der Waals surface area contributed by atoms with E-state index in [1.807, 2.05) is 6.07 Å². The minimum atomic E-state index is -3.19. The summed E-state index contributed by atoms with van der Waals surface area (Å²) in [7, 11) is -1.78. The Balaban J connectivity index is 2.94. The Bertz CT molecular complexity index is 431. The fourth-order valence-electron chi connectivity index (χ4n) is 0.921. The first kappa shape index (κ1) is 12.2. The highest BCUT2D eigenvalue weighted by molar-refractivity contribution is 9.13. The molecule has 0 saturated carbocycles. The Hall–Kier alpha value is 0.0900. The highest BCUT2D eigenvalue weighted by atomic mass is 79.9. The Labute approximate surface area is 100 Å². The maximum atomic E-state index is 11.2. The van der Waals surface area contributed by atoms with Crippen LogP contribution in [0.5, 0.6) is 0 Å². The summed E-state index contributed by atoms with van der Waals surface area (Å²) < 4.78 is 26.5. The van der Waals surface area contributed by atoms with Crippen molar-refractivity contribution in [2.75, 3.05) is 7.05 Å². The van der Waals surface area contributed by atoms with Crippen molar-refractivity contribution in [2.45, 2.75) is 5.75 Å². The summed E-state index contributed by atoms with van der Waals surface area (Å²) in [5.41, 5.74) is 0.745. The summed E-state index contributed by atoms with van der Waals surface area (Å²) in [4.78, 5) is 0. The Morgan fingerprint density at radius 3 is 2.43 bits per heavy atom. The summed E-state index contributed by atoms with van der Waals surface area (Å²) in [5, 5.41) is 0. The van der Waals surface area contributed by atoms with Crippen molar-refractivity contribution in [3.63, 3.8) is 0 Å². The summed E-state index contributed by atoms with van der Waals surface area (Å²) in [6, 6.07) is 5.35. The zero-order valence-corrected chi connectivity index (χ0v) is 11.4. The normalized spacial score (nSPS) is 11.6. The fraction of sp³-hybridized carbons (Fsp3) is 0.250. The number of sulfonamides is 1. The topological polar surface area (TPSA) is 46.2 Å². The molecule has 78 valence electrons. The highest BCUT2D eigenvalue weighted by Gasteiger charge is 2.09. The molecule has 0 aliphatic heterocycles. The van der Waals surface area contributed by atoms with Crippen LogP contribution in [-0.2, 0) is 15.8 Å². The van der Waals surface area contributed by atoms with Gasteiger partial charge in [-0.25, -0.2) is 13.1 Å². The van der Waals surface area contributed by atoms with Gasteiger partial charge < -0.3 is 0 Å². The van der Waals surface area contributed by atoms with Gasteiger partial charge in [0, 0.05) is 8.95 Å². The van der Waals surface area contributed by atoms with E-state index in [-0.39, 0.29) is 5.75 Å². The predicted molar refractivity (Wildman–Crippen MR) is 63.5 cm³/mol. The summed E-state index contributed by atoms with van der Waals surface area (Å²) >= 11 is 6.63. The molecule has 0 bridgehead atoms. The third-order valence-corrected chi connectivity index (χ3v) is 4.87. The van der Waals surface area contributed by atoms with Gasteiger partial charge in [0.1, 0.15) is 0 Å². The molecule has 0 fully saturated rings. The molecule has 1 aromatic carbocycles. The molecule has 1 N–H and O–H groups in total. The SMILES string of the molecule is CNS(=O)(=O)Cc1ccc(Br)c(Br)c1. The van der Waals surface area contributed by atoms with Crippen LogP contribution in [0.25, 0.3) is 0 Å². The van der Waals surface area contributed by atoms with Crippen LogP contribution in [-0.4, -0.2) is 15.5 Å². The molecule has 0 atom stereocenters. The van der Waals surface area contributed by atoms with E-state index in [1.54, 1.807) is 12.1 Å². The number of hydrogen-bond donors (Lipinski definition) is 1. The molecule has 0 aliphatic carbocycles. The van der Waals surface area contributed by atoms with Crippen molar-refractivity contribution >= 4 is 41.9 Å². The van der Waals surface area contributed by atoms with Gasteiger partial charge in [-0.2, -0.15) is 0 Å². The van der Waals surface area contributed by atoms with E-state index in [9.17, 15) is 8.42 Å². The minimum Gasteiger partial charge on any atom is -0.218 e. The third-order valence-electron chi connectivity index (χ3n) is 1.65. The Morgan fingerprint density at radius 2 is 1.93 bits per heavy atom. The van der Waals surface area contributed by atoms with Gasteiger partial charge in [0.05, 0.1) is 5.75 Å². The first-order valence-corrected chi connectivity index (χ1v) is 7.03. The van der Waals surface area contributed by atoms with Crippen LogP contribution in [0.4, 0.5) is 0 Å². The highest BCUT2D eigenvalue weighted by Crippen LogP contribution is 2.24. The molecule has 0 heterocycles. The summed E-state index contributed by atoms with van der Waals surface area (Å²) in [6.45, 7) is 0.